The Morgan fingerprint density at radius 3 is 2.68 bits per heavy atom. The molecule has 1 heterocycles. The van der Waals surface area contributed by atoms with Gasteiger partial charge in [-0.25, -0.2) is 4.98 Å². The lowest BCUT2D eigenvalue weighted by Gasteiger charge is -2.14. The molecule has 19 heavy (non-hydrogen) atoms. The number of aryl methyl sites for hydroxylation is 2. The highest BCUT2D eigenvalue weighted by atomic mass is 32.1. The number of hydrogen-bond acceptors (Lipinski definition) is 5. The van der Waals surface area contributed by atoms with Gasteiger partial charge >= 0.3 is 0 Å². The van der Waals surface area contributed by atoms with Crippen molar-refractivity contribution >= 4 is 22.7 Å². The minimum Gasteiger partial charge on any atom is -0.378 e. The van der Waals surface area contributed by atoms with Crippen LogP contribution in [0.3, 0.4) is 0 Å². The van der Waals surface area contributed by atoms with Crippen LogP contribution < -0.4 is 5.32 Å². The fourth-order valence-electron chi connectivity index (χ4n) is 1.99. The first-order valence-electron chi connectivity index (χ1n) is 5.90. The van der Waals surface area contributed by atoms with Gasteiger partial charge in [-0.1, -0.05) is 0 Å². The van der Waals surface area contributed by atoms with E-state index >= 15 is 0 Å². The van der Waals surface area contributed by atoms with E-state index in [-0.39, 0.29) is 16.7 Å². The van der Waals surface area contributed by atoms with Gasteiger partial charge in [0.15, 0.2) is 0 Å². The molecule has 1 atom stereocenters. The minimum absolute atomic E-state index is 0.133. The number of nitro benzene ring substituents is 1. The third-order valence-electron chi connectivity index (χ3n) is 2.95. The Hall–Kier alpha value is -1.95. The second-order valence-electron chi connectivity index (χ2n) is 4.43. The molecule has 1 aromatic carbocycles. The molecule has 0 amide bonds. The molecule has 2 rings (SSSR count). The Morgan fingerprint density at radius 2 is 2.16 bits per heavy atom. The summed E-state index contributed by atoms with van der Waals surface area (Å²) >= 11 is 1.61. The van der Waals surface area contributed by atoms with E-state index in [1.165, 1.54) is 10.9 Å². The summed E-state index contributed by atoms with van der Waals surface area (Å²) in [7, 11) is 0. The molecule has 0 aliphatic rings. The highest BCUT2D eigenvalue weighted by Gasteiger charge is 2.13. The van der Waals surface area contributed by atoms with E-state index in [1.54, 1.807) is 30.4 Å². The number of thiazole rings is 1. The molecule has 0 saturated carbocycles. The molecule has 0 spiro atoms. The molecular weight excluding hydrogens is 262 g/mol. The van der Waals surface area contributed by atoms with Gasteiger partial charge in [0.05, 0.1) is 22.2 Å². The van der Waals surface area contributed by atoms with E-state index < -0.39 is 0 Å². The van der Waals surface area contributed by atoms with Crippen LogP contribution in [0.5, 0.6) is 0 Å². The largest absolute Gasteiger partial charge is 0.378 e. The maximum Gasteiger partial charge on any atom is 0.272 e. The zero-order valence-corrected chi connectivity index (χ0v) is 11.8. The number of hydrogen-bond donors (Lipinski definition) is 1. The molecule has 5 nitrogen and oxygen atoms in total. The zero-order valence-electron chi connectivity index (χ0n) is 11.0. The predicted octanol–water partition coefficient (Wildman–Crippen LogP) is 3.84. The number of nitrogens with one attached hydrogen (secondary N) is 1. The Kier molecular flexibility index (Phi) is 3.80. The van der Waals surface area contributed by atoms with Gasteiger partial charge < -0.3 is 5.32 Å². The van der Waals surface area contributed by atoms with Crippen molar-refractivity contribution in [2.24, 2.45) is 0 Å². The van der Waals surface area contributed by atoms with Crippen LogP contribution >= 0.6 is 11.3 Å². The number of benzene rings is 1. The van der Waals surface area contributed by atoms with Crippen molar-refractivity contribution in [2.45, 2.75) is 26.8 Å². The summed E-state index contributed by atoms with van der Waals surface area (Å²) < 4.78 is 0. The van der Waals surface area contributed by atoms with Crippen molar-refractivity contribution in [3.63, 3.8) is 0 Å². The fourth-order valence-corrected chi connectivity index (χ4v) is 2.80. The second-order valence-corrected chi connectivity index (χ2v) is 5.31. The van der Waals surface area contributed by atoms with Crippen molar-refractivity contribution < 1.29 is 4.92 Å². The monoisotopic (exact) mass is 277 g/mol. The normalized spacial score (nSPS) is 12.2. The van der Waals surface area contributed by atoms with E-state index in [0.717, 1.165) is 11.4 Å². The van der Waals surface area contributed by atoms with Gasteiger partial charge in [0, 0.05) is 22.2 Å². The van der Waals surface area contributed by atoms with E-state index in [9.17, 15) is 10.1 Å². The lowest BCUT2D eigenvalue weighted by Crippen LogP contribution is -2.06. The number of rotatable bonds is 4. The van der Waals surface area contributed by atoms with E-state index in [2.05, 4.69) is 17.2 Å². The molecule has 0 fully saturated rings. The van der Waals surface area contributed by atoms with Gasteiger partial charge in [-0.3, -0.25) is 10.1 Å². The fraction of sp³-hybridized carbons (Fsp3) is 0.308. The smallest absolute Gasteiger partial charge is 0.272 e. The Labute approximate surface area is 115 Å². The number of nitrogens with zero attached hydrogens (tertiary/aromatic N) is 2. The Balaban J connectivity index is 2.18. The SMILES string of the molecule is Cc1cc(NC(C)c2scnc2C)ccc1[N+](=O)[O-]. The maximum absolute atomic E-state index is 10.8. The van der Waals surface area contributed by atoms with Crippen molar-refractivity contribution in [1.29, 1.82) is 0 Å². The van der Waals surface area contributed by atoms with Crippen molar-refractivity contribution in [3.05, 3.63) is 50.0 Å². The predicted molar refractivity (Wildman–Crippen MR) is 76.7 cm³/mol. The number of nitro groups is 1. The molecule has 1 unspecified atom stereocenters. The van der Waals surface area contributed by atoms with Crippen LogP contribution in [0.4, 0.5) is 11.4 Å². The summed E-state index contributed by atoms with van der Waals surface area (Å²) in [5, 5.41) is 14.1. The third-order valence-corrected chi connectivity index (χ3v) is 4.07. The summed E-state index contributed by atoms with van der Waals surface area (Å²) in [4.78, 5) is 15.8. The Bertz CT molecular complexity index is 610. The quantitative estimate of drug-likeness (QED) is 0.681. The first kappa shape index (κ1) is 13.5. The van der Waals surface area contributed by atoms with E-state index in [0.29, 0.717) is 5.56 Å². The summed E-state index contributed by atoms with van der Waals surface area (Å²) in [5.41, 5.74) is 4.52. The molecule has 0 saturated heterocycles. The third kappa shape index (κ3) is 2.90. The topological polar surface area (TPSA) is 68.1 Å². The average molecular weight is 277 g/mol. The molecular formula is C13H15N3O2S. The van der Waals surface area contributed by atoms with Crippen LogP contribution in [0.25, 0.3) is 0 Å². The molecule has 0 aliphatic heterocycles. The van der Waals surface area contributed by atoms with Gasteiger partial charge in [0.2, 0.25) is 0 Å². The molecule has 0 bridgehead atoms. The summed E-state index contributed by atoms with van der Waals surface area (Å²) in [6, 6.07) is 5.20. The van der Waals surface area contributed by atoms with Gasteiger partial charge in [-0.15, -0.1) is 11.3 Å². The lowest BCUT2D eigenvalue weighted by molar-refractivity contribution is -0.385. The zero-order chi connectivity index (χ0) is 14.0. The van der Waals surface area contributed by atoms with Gasteiger partial charge in [0.25, 0.3) is 5.69 Å². The molecule has 2 aromatic rings. The molecule has 1 N–H and O–H groups in total. The number of anilines is 1. The van der Waals surface area contributed by atoms with Crippen LogP contribution in [0.2, 0.25) is 0 Å². The minimum atomic E-state index is -0.365. The van der Waals surface area contributed by atoms with Gasteiger partial charge in [-0.2, -0.15) is 0 Å². The van der Waals surface area contributed by atoms with Crippen LogP contribution in [0.15, 0.2) is 23.7 Å². The first-order chi connectivity index (χ1) is 8.99. The molecule has 0 radical (unpaired) electrons. The maximum atomic E-state index is 10.8. The number of aromatic nitrogens is 1. The van der Waals surface area contributed by atoms with Crippen molar-refractivity contribution in [2.75, 3.05) is 5.32 Å². The standard InChI is InChI=1S/C13H15N3O2S/c1-8-6-11(4-5-12(8)16(17)18)15-10(3)13-9(2)14-7-19-13/h4-7,10,15H,1-3H3. The van der Waals surface area contributed by atoms with Crippen LogP contribution in [0.1, 0.15) is 29.1 Å². The molecule has 1 aromatic heterocycles. The van der Waals surface area contributed by atoms with Crippen molar-refractivity contribution in [3.8, 4) is 0 Å². The molecule has 100 valence electrons. The van der Waals surface area contributed by atoms with E-state index in [1.807, 2.05) is 12.4 Å². The van der Waals surface area contributed by atoms with E-state index in [4.69, 9.17) is 0 Å². The molecule has 0 aliphatic carbocycles. The summed E-state index contributed by atoms with van der Waals surface area (Å²) in [5.74, 6) is 0. The van der Waals surface area contributed by atoms with Crippen LogP contribution in [-0.4, -0.2) is 9.91 Å². The lowest BCUT2D eigenvalue weighted by atomic mass is 10.1. The van der Waals surface area contributed by atoms with Gasteiger partial charge in [-0.05, 0) is 32.9 Å². The second kappa shape index (κ2) is 5.36. The van der Waals surface area contributed by atoms with Crippen molar-refractivity contribution in [1.82, 2.24) is 4.98 Å². The highest BCUT2D eigenvalue weighted by Crippen LogP contribution is 2.27. The molecule has 6 heteroatoms. The summed E-state index contributed by atoms with van der Waals surface area (Å²) in [6.45, 7) is 5.77. The van der Waals surface area contributed by atoms with Crippen LogP contribution in [0, 0.1) is 24.0 Å². The summed E-state index contributed by atoms with van der Waals surface area (Å²) in [6.07, 6.45) is 0. The Morgan fingerprint density at radius 1 is 1.42 bits per heavy atom. The van der Waals surface area contributed by atoms with Gasteiger partial charge in [0.1, 0.15) is 0 Å². The van der Waals surface area contributed by atoms with Crippen LogP contribution in [-0.2, 0) is 0 Å². The average Bonchev–Trinajstić information content (AvgIpc) is 2.75. The highest BCUT2D eigenvalue weighted by molar-refractivity contribution is 7.09. The first-order valence-corrected chi connectivity index (χ1v) is 6.78.